The number of rotatable bonds is 31. The van der Waals surface area contributed by atoms with Crippen LogP contribution in [-0.4, -0.2) is 220 Å². The van der Waals surface area contributed by atoms with E-state index in [1.54, 1.807) is 21.3 Å². The monoisotopic (exact) mass is 1660 g/mol. The molecule has 628 valence electrons. The van der Waals surface area contributed by atoms with E-state index < -0.39 is 40.5 Å². The molecule has 4 aliphatic carbocycles. The van der Waals surface area contributed by atoms with Gasteiger partial charge < -0.3 is 52.1 Å². The average Bonchev–Trinajstić information content (AvgIpc) is 1.58. The fraction of sp³-hybridized carbons (Fsp3) is 0.566. The summed E-state index contributed by atoms with van der Waals surface area (Å²) in [6.07, 6.45) is 14.7. The molecule has 4 aliphatic rings. The molecule has 0 radical (unpaired) electrons. The van der Waals surface area contributed by atoms with Crippen molar-refractivity contribution in [3.05, 3.63) is 124 Å². The van der Waals surface area contributed by atoms with E-state index >= 15 is 0 Å². The smallest absolute Gasteiger partial charge is 0.264 e. The van der Waals surface area contributed by atoms with Crippen LogP contribution in [0.15, 0.2) is 78.9 Å². The number of likely N-dealkylation sites (N-methyl/N-ethyl adjacent to an activating group) is 4. The summed E-state index contributed by atoms with van der Waals surface area (Å²) in [6.45, 7) is 23.5. The molecule has 0 spiro atoms. The van der Waals surface area contributed by atoms with Gasteiger partial charge in [-0.25, -0.2) is 0 Å². The lowest BCUT2D eigenvalue weighted by Gasteiger charge is -2.29. The van der Waals surface area contributed by atoms with Crippen LogP contribution in [0.4, 0.5) is 0 Å². The number of hydrogen-bond acceptors (Lipinski definition) is 19. The maximum Gasteiger partial charge on any atom is 0.264 e. The molecule has 0 aliphatic heterocycles. The first kappa shape index (κ1) is 89.9. The van der Waals surface area contributed by atoms with Gasteiger partial charge >= 0.3 is 0 Å². The summed E-state index contributed by atoms with van der Waals surface area (Å²) in [5, 5.41) is 4.11. The van der Waals surface area contributed by atoms with Crippen LogP contribution in [0, 0.1) is 0 Å². The quantitative estimate of drug-likeness (QED) is 0.0288. The van der Waals surface area contributed by atoms with E-state index in [2.05, 4.69) is 24.3 Å². The van der Waals surface area contributed by atoms with E-state index in [0.29, 0.717) is 78.5 Å². The van der Waals surface area contributed by atoms with Crippen LogP contribution in [0.5, 0.6) is 17.2 Å². The van der Waals surface area contributed by atoms with Crippen LogP contribution < -0.4 is 14.2 Å². The topological polar surface area (TPSA) is 302 Å². The Labute approximate surface area is 673 Å². The highest BCUT2D eigenvalue weighted by atomic mass is 32.2. The molecule has 4 aromatic heterocycles. The summed E-state index contributed by atoms with van der Waals surface area (Å²) >= 11 is 0. The van der Waals surface area contributed by atoms with Gasteiger partial charge in [0.2, 0.25) is 23.6 Å². The van der Waals surface area contributed by atoms with Gasteiger partial charge in [0.05, 0.1) is 96.5 Å². The van der Waals surface area contributed by atoms with E-state index in [1.807, 2.05) is 148 Å². The number of methoxy groups -OCH3 is 3. The van der Waals surface area contributed by atoms with Gasteiger partial charge in [-0.05, 0) is 209 Å². The van der Waals surface area contributed by atoms with E-state index in [1.165, 1.54) is 0 Å². The van der Waals surface area contributed by atoms with Crippen molar-refractivity contribution in [2.24, 2.45) is 0 Å². The second-order valence-electron chi connectivity index (χ2n) is 29.1. The highest BCUT2D eigenvalue weighted by Gasteiger charge is 2.39. The van der Waals surface area contributed by atoms with E-state index in [9.17, 15) is 52.8 Å². The third kappa shape index (κ3) is 21.2. The van der Waals surface area contributed by atoms with Crippen LogP contribution in [0.25, 0.3) is 43.6 Å². The molecule has 4 heterocycles. The highest BCUT2D eigenvalue weighted by molar-refractivity contribution is 7.86. The lowest BCUT2D eigenvalue weighted by Crippen LogP contribution is -2.36. The molecule has 4 aromatic carbocycles. The summed E-state index contributed by atoms with van der Waals surface area (Å²) < 4.78 is 136. The number of para-hydroxylation sites is 1. The van der Waals surface area contributed by atoms with E-state index in [4.69, 9.17) is 30.9 Å². The third-order valence-corrected chi connectivity index (χ3v) is 24.7. The van der Waals surface area contributed by atoms with Crippen molar-refractivity contribution in [1.82, 2.24) is 37.9 Å². The number of fused-ring (bicyclic) bond motifs is 12. The third-order valence-electron chi connectivity index (χ3n) is 22.4. The van der Waals surface area contributed by atoms with Crippen LogP contribution in [0.2, 0.25) is 0 Å². The normalized spacial score (nSPS) is 16.7. The summed E-state index contributed by atoms with van der Waals surface area (Å²) in [6, 6.07) is 25.6. The van der Waals surface area contributed by atoms with Crippen molar-refractivity contribution in [3.8, 4) is 17.2 Å². The van der Waals surface area contributed by atoms with Gasteiger partial charge in [-0.1, -0.05) is 24.6 Å². The van der Waals surface area contributed by atoms with Crippen molar-refractivity contribution >= 4 is 108 Å². The standard InChI is InChI=1S/C22H32N2O5S.C21H30N2O5S.C20H28N2O5S.C20H28N2O4S/c1-5-23(6-2)22(25)17-9-7-8-10-20-21(17)18-15-16(28-3)11-12-19(18)24(20)13-14-29-30(4,26)27;1-5-22(6-2)21(24)16-8-7-9-19-20(16)17-14-15(27-3)10-11-18(17)23(19)12-13-28-29(4,25)26;1-5-21(6-2)20(23)15-8-10-18-19(15)16-13-14(26-3)7-9-17(16)22(18)11-12-27-28(4,24)25;1-4-21(5-2)20(23)16-10-8-12-18-19(16)15-9-6-7-11-17(15)22(18)13-14-26-27(3,24)25/h11-12,15,17H,5-10,13-14H2,1-4H3;10-11,14,16H,5-9,12-13H2,1-4H3;7,9,13,15H,5-6,8,10-12H2,1-4H3;6-7,9,11,16H,4-5,8,10,12-14H2,1-3H3. The van der Waals surface area contributed by atoms with Crippen molar-refractivity contribution < 1.29 is 83.8 Å². The number of ether oxygens (including phenoxy) is 3. The Kier molecular flexibility index (Phi) is 31.3. The van der Waals surface area contributed by atoms with Crippen LogP contribution >= 0.6 is 0 Å². The van der Waals surface area contributed by atoms with Gasteiger partial charge in [-0.3, -0.25) is 35.9 Å². The predicted octanol–water partition coefficient (Wildman–Crippen LogP) is 11.6. The lowest BCUT2D eigenvalue weighted by atomic mass is 9.84. The number of amides is 4. The molecule has 114 heavy (non-hydrogen) atoms. The zero-order chi connectivity index (χ0) is 83.1. The second-order valence-corrected chi connectivity index (χ2v) is 35.7. The van der Waals surface area contributed by atoms with E-state index in [0.717, 1.165) is 208 Å². The summed E-state index contributed by atoms with van der Waals surface area (Å²) in [7, 11) is -9.08. The van der Waals surface area contributed by atoms with Gasteiger partial charge in [0.15, 0.2) is 0 Å². The molecule has 0 saturated carbocycles. The molecule has 4 amide bonds. The highest BCUT2D eigenvalue weighted by Crippen LogP contribution is 2.46. The maximum absolute atomic E-state index is 13.4. The summed E-state index contributed by atoms with van der Waals surface area (Å²) in [5.41, 5.74) is 12.7. The summed E-state index contributed by atoms with van der Waals surface area (Å²) in [4.78, 5) is 60.5. The Morgan fingerprint density at radius 2 is 0.588 bits per heavy atom. The average molecular weight is 1660 g/mol. The molecule has 31 heteroatoms. The van der Waals surface area contributed by atoms with Gasteiger partial charge in [-0.15, -0.1) is 0 Å². The second kappa shape index (κ2) is 39.7. The van der Waals surface area contributed by atoms with E-state index in [-0.39, 0.29) is 73.7 Å². The maximum atomic E-state index is 13.4. The van der Waals surface area contributed by atoms with Gasteiger partial charge in [0.1, 0.15) is 17.2 Å². The number of nitrogens with zero attached hydrogens (tertiary/aromatic N) is 8. The SMILES string of the molecule is CCN(CC)C(=O)C1CCCCc2c1c1cc(OC)ccc1n2CCOS(C)(=O)=O.CCN(CC)C(=O)C1CCCc2c1c1cc(OC)ccc1n2CCOS(C)(=O)=O.CCN(CC)C(=O)C1CCCc2c1c1ccccc1n2CCOS(C)(=O)=O.CCN(CC)C(=O)C1CCc2c1c1cc(OC)ccc1n2CCOS(C)(=O)=O. The molecular weight excluding hydrogens is 1540 g/mol. The Morgan fingerprint density at radius 3 is 0.877 bits per heavy atom. The van der Waals surface area contributed by atoms with Crippen LogP contribution in [-0.2, 0) is 128 Å². The Hall–Kier alpha value is -8.04. The molecule has 0 fully saturated rings. The van der Waals surface area contributed by atoms with Gasteiger partial charge in [-0.2, -0.15) is 33.7 Å². The van der Waals surface area contributed by atoms with Crippen LogP contribution in [0.1, 0.15) is 175 Å². The number of carbonyl (C=O) groups is 4. The molecule has 0 bridgehead atoms. The number of benzene rings is 4. The molecule has 27 nitrogen and oxygen atoms in total. The van der Waals surface area contributed by atoms with Crippen molar-refractivity contribution in [1.29, 1.82) is 0 Å². The van der Waals surface area contributed by atoms with Crippen molar-refractivity contribution in [3.63, 3.8) is 0 Å². The minimum absolute atomic E-state index is 0.0652. The first-order chi connectivity index (χ1) is 54.3. The minimum atomic E-state index is -3.51. The number of hydrogen-bond donors (Lipinski definition) is 0. The fourth-order valence-corrected chi connectivity index (χ4v) is 18.7. The first-order valence-corrected chi connectivity index (χ1v) is 47.2. The molecule has 4 unspecified atom stereocenters. The fourth-order valence-electron chi connectivity index (χ4n) is 17.2. The molecule has 4 atom stereocenters. The molecule has 12 rings (SSSR count). The zero-order valence-electron chi connectivity index (χ0n) is 69.1. The van der Waals surface area contributed by atoms with Gasteiger partial charge in [0, 0.05) is 145 Å². The molecular formula is C83H118N8O19S4. The minimum Gasteiger partial charge on any atom is -0.497 e. The lowest BCUT2D eigenvalue weighted by molar-refractivity contribution is -0.133. The molecule has 0 N–H and O–H groups in total. The zero-order valence-corrected chi connectivity index (χ0v) is 72.3. The number of aromatic nitrogens is 4. The Bertz CT molecular complexity index is 5190. The summed E-state index contributed by atoms with van der Waals surface area (Å²) in [5.74, 6) is 2.19. The molecule has 8 aromatic rings. The first-order valence-electron chi connectivity index (χ1n) is 40.0. The molecule has 0 saturated heterocycles. The largest absolute Gasteiger partial charge is 0.497 e. The Balaban J connectivity index is 0.000000174. The van der Waals surface area contributed by atoms with Crippen molar-refractivity contribution in [2.75, 3.05) is 125 Å². The van der Waals surface area contributed by atoms with Gasteiger partial charge in [0.25, 0.3) is 40.5 Å². The predicted molar refractivity (Wildman–Crippen MR) is 445 cm³/mol. The van der Waals surface area contributed by atoms with Crippen molar-refractivity contribution in [2.45, 2.75) is 182 Å². The Morgan fingerprint density at radius 1 is 0.333 bits per heavy atom. The number of carbonyl (C=O) groups excluding carboxylic acids is 4. The van der Waals surface area contributed by atoms with Crippen LogP contribution in [0.3, 0.4) is 0 Å².